The second-order valence-corrected chi connectivity index (χ2v) is 8.73. The summed E-state index contributed by atoms with van der Waals surface area (Å²) in [7, 11) is 0. The molecule has 0 fully saturated rings. The first-order valence-corrected chi connectivity index (χ1v) is 11.5. The Labute approximate surface area is 194 Å². The minimum atomic E-state index is 0.909. The molecule has 0 atom stereocenters. The highest BCUT2D eigenvalue weighted by molar-refractivity contribution is 6.29. The summed E-state index contributed by atoms with van der Waals surface area (Å²) in [5.41, 5.74) is 13.0. The van der Waals surface area contributed by atoms with Crippen LogP contribution in [0.3, 0.4) is 0 Å². The summed E-state index contributed by atoms with van der Waals surface area (Å²) in [6.45, 7) is 2.17. The van der Waals surface area contributed by atoms with Crippen molar-refractivity contribution in [3.05, 3.63) is 143 Å². The first-order valence-electron chi connectivity index (χ1n) is 11.5. The van der Waals surface area contributed by atoms with E-state index in [9.17, 15) is 0 Å². The largest absolute Gasteiger partial charge is 0.361 e. The number of H-pyrrole nitrogens is 1. The number of rotatable bonds is 4. The highest BCUT2D eigenvalue weighted by Crippen LogP contribution is 2.52. The molecule has 6 rings (SSSR count). The molecule has 5 aromatic rings. The van der Waals surface area contributed by atoms with Gasteiger partial charge in [0.2, 0.25) is 0 Å². The third-order valence-electron chi connectivity index (χ3n) is 6.62. The topological polar surface area (TPSA) is 15.8 Å². The van der Waals surface area contributed by atoms with E-state index in [0.717, 1.165) is 6.42 Å². The summed E-state index contributed by atoms with van der Waals surface area (Å²) in [4.78, 5) is 3.53. The van der Waals surface area contributed by atoms with E-state index in [0.29, 0.717) is 0 Å². The Morgan fingerprint density at radius 1 is 0.576 bits per heavy atom. The molecule has 0 spiro atoms. The second kappa shape index (κ2) is 8.11. The van der Waals surface area contributed by atoms with Crippen LogP contribution >= 0.6 is 0 Å². The number of allylic oxidation sites excluding steroid dienone is 4. The van der Waals surface area contributed by atoms with Crippen molar-refractivity contribution in [2.45, 2.75) is 13.3 Å². The van der Waals surface area contributed by atoms with Crippen molar-refractivity contribution in [3.8, 4) is 0 Å². The highest BCUT2D eigenvalue weighted by atomic mass is 14.7. The maximum absolute atomic E-state index is 3.53. The number of aromatic amines is 1. The van der Waals surface area contributed by atoms with Crippen LogP contribution in [0.5, 0.6) is 0 Å². The van der Waals surface area contributed by atoms with Crippen LogP contribution in [0.15, 0.2) is 115 Å². The van der Waals surface area contributed by atoms with E-state index >= 15 is 0 Å². The SMILES string of the molecule is Cc1ccc2[nH]cc(C3=C(c4ccccc4)CC(c4ccccc4)=C3c3ccccc3)c2c1. The van der Waals surface area contributed by atoms with Gasteiger partial charge in [-0.05, 0) is 64.5 Å². The molecule has 0 amide bonds. The Balaban J connectivity index is 1.70. The third-order valence-corrected chi connectivity index (χ3v) is 6.62. The number of hydrogen-bond donors (Lipinski definition) is 1. The number of aromatic nitrogens is 1. The second-order valence-electron chi connectivity index (χ2n) is 8.73. The van der Waals surface area contributed by atoms with Crippen LogP contribution in [-0.2, 0) is 0 Å². The van der Waals surface area contributed by atoms with Gasteiger partial charge in [0.15, 0.2) is 0 Å². The van der Waals surface area contributed by atoms with Gasteiger partial charge in [0.1, 0.15) is 0 Å². The predicted octanol–water partition coefficient (Wildman–Crippen LogP) is 8.40. The fourth-order valence-electron chi connectivity index (χ4n) is 5.09. The van der Waals surface area contributed by atoms with E-state index in [1.165, 1.54) is 61.0 Å². The fraction of sp³-hybridized carbons (Fsp3) is 0.0625. The Bertz CT molecular complexity index is 1500. The van der Waals surface area contributed by atoms with Crippen LogP contribution in [-0.4, -0.2) is 4.98 Å². The quantitative estimate of drug-likeness (QED) is 0.299. The Morgan fingerprint density at radius 3 is 1.73 bits per heavy atom. The number of hydrogen-bond acceptors (Lipinski definition) is 0. The standard InChI is InChI=1S/C32H25N/c1-22-17-18-30-28(19-22)29(21-33-30)32-27(24-13-7-3-8-14-24)20-26(23-11-5-2-6-12-23)31(32)25-15-9-4-10-16-25/h2-19,21,33H,20H2,1H3. The zero-order valence-electron chi connectivity index (χ0n) is 18.7. The van der Waals surface area contributed by atoms with Crippen LogP contribution in [0.2, 0.25) is 0 Å². The lowest BCUT2D eigenvalue weighted by molar-refractivity contribution is 1.42. The molecule has 4 aromatic carbocycles. The first kappa shape index (κ1) is 19.6. The normalized spacial score (nSPS) is 13.8. The van der Waals surface area contributed by atoms with Crippen molar-refractivity contribution in [3.63, 3.8) is 0 Å². The Kier molecular flexibility index (Phi) is 4.81. The molecule has 0 unspecified atom stereocenters. The van der Waals surface area contributed by atoms with Crippen LogP contribution in [0.1, 0.15) is 34.2 Å². The fourth-order valence-corrected chi connectivity index (χ4v) is 5.09. The molecule has 0 bridgehead atoms. The van der Waals surface area contributed by atoms with Gasteiger partial charge in [-0.1, -0.05) is 103 Å². The lowest BCUT2D eigenvalue weighted by atomic mass is 9.89. The smallest absolute Gasteiger partial charge is 0.0460 e. The van der Waals surface area contributed by atoms with Gasteiger partial charge >= 0.3 is 0 Å². The van der Waals surface area contributed by atoms with Gasteiger partial charge in [-0.3, -0.25) is 0 Å². The van der Waals surface area contributed by atoms with Gasteiger partial charge in [0.25, 0.3) is 0 Å². The molecule has 1 heteroatoms. The molecule has 1 aliphatic rings. The molecule has 0 saturated carbocycles. The van der Waals surface area contributed by atoms with Crippen molar-refractivity contribution in [1.29, 1.82) is 0 Å². The number of nitrogens with one attached hydrogen (secondary N) is 1. The maximum atomic E-state index is 3.53. The Morgan fingerprint density at radius 2 is 1.12 bits per heavy atom. The average molecular weight is 424 g/mol. The summed E-state index contributed by atoms with van der Waals surface area (Å²) in [6.07, 6.45) is 3.10. The lowest BCUT2D eigenvalue weighted by Gasteiger charge is -2.14. The molecule has 1 heterocycles. The zero-order valence-corrected chi connectivity index (χ0v) is 18.7. The van der Waals surface area contributed by atoms with Crippen LogP contribution in [0.4, 0.5) is 0 Å². The predicted molar refractivity (Wildman–Crippen MR) is 141 cm³/mol. The maximum Gasteiger partial charge on any atom is 0.0460 e. The van der Waals surface area contributed by atoms with Gasteiger partial charge in [-0.25, -0.2) is 0 Å². The Hall–Kier alpha value is -4.10. The molecule has 33 heavy (non-hydrogen) atoms. The number of aryl methyl sites for hydroxylation is 1. The van der Waals surface area contributed by atoms with Crippen molar-refractivity contribution in [2.75, 3.05) is 0 Å². The molecule has 0 aliphatic heterocycles. The number of fused-ring (bicyclic) bond motifs is 1. The molecule has 1 N–H and O–H groups in total. The molecule has 158 valence electrons. The van der Waals surface area contributed by atoms with Crippen LogP contribution in [0.25, 0.3) is 33.2 Å². The van der Waals surface area contributed by atoms with Crippen molar-refractivity contribution in [1.82, 2.24) is 4.98 Å². The lowest BCUT2D eigenvalue weighted by Crippen LogP contribution is -1.92. The van der Waals surface area contributed by atoms with Gasteiger partial charge in [-0.15, -0.1) is 0 Å². The van der Waals surface area contributed by atoms with E-state index in [1.54, 1.807) is 0 Å². The van der Waals surface area contributed by atoms with Crippen molar-refractivity contribution in [2.24, 2.45) is 0 Å². The van der Waals surface area contributed by atoms with Crippen molar-refractivity contribution >= 4 is 33.2 Å². The molecule has 1 aliphatic carbocycles. The van der Waals surface area contributed by atoms with Crippen LogP contribution < -0.4 is 0 Å². The molecule has 0 saturated heterocycles. The van der Waals surface area contributed by atoms with E-state index in [-0.39, 0.29) is 0 Å². The highest BCUT2D eigenvalue weighted by Gasteiger charge is 2.29. The molecule has 1 nitrogen and oxygen atoms in total. The summed E-state index contributed by atoms with van der Waals surface area (Å²) in [6, 6.07) is 39.2. The van der Waals surface area contributed by atoms with E-state index in [2.05, 4.69) is 127 Å². The van der Waals surface area contributed by atoms with Crippen molar-refractivity contribution < 1.29 is 0 Å². The molecule has 0 radical (unpaired) electrons. The van der Waals surface area contributed by atoms with Crippen LogP contribution in [0, 0.1) is 6.92 Å². The first-order chi connectivity index (χ1) is 16.3. The zero-order chi connectivity index (χ0) is 22.2. The van der Waals surface area contributed by atoms with E-state index in [4.69, 9.17) is 0 Å². The average Bonchev–Trinajstić information content (AvgIpc) is 3.47. The molecular weight excluding hydrogens is 398 g/mol. The monoisotopic (exact) mass is 423 g/mol. The summed E-state index contributed by atoms with van der Waals surface area (Å²) in [5.74, 6) is 0. The number of benzene rings is 4. The minimum Gasteiger partial charge on any atom is -0.361 e. The summed E-state index contributed by atoms with van der Waals surface area (Å²) < 4.78 is 0. The van der Waals surface area contributed by atoms with Gasteiger partial charge < -0.3 is 4.98 Å². The van der Waals surface area contributed by atoms with E-state index < -0.39 is 0 Å². The van der Waals surface area contributed by atoms with Gasteiger partial charge in [-0.2, -0.15) is 0 Å². The minimum absolute atomic E-state index is 0.909. The van der Waals surface area contributed by atoms with E-state index in [1.807, 2.05) is 0 Å². The molecule has 1 aromatic heterocycles. The summed E-state index contributed by atoms with van der Waals surface area (Å²) in [5, 5.41) is 1.28. The molecular formula is C32H25N. The van der Waals surface area contributed by atoms with Gasteiger partial charge in [0.05, 0.1) is 0 Å². The van der Waals surface area contributed by atoms with Gasteiger partial charge in [0, 0.05) is 22.7 Å². The summed E-state index contributed by atoms with van der Waals surface area (Å²) >= 11 is 0. The third kappa shape index (κ3) is 3.43.